The van der Waals surface area contributed by atoms with Crippen molar-refractivity contribution < 1.29 is 4.79 Å². The van der Waals surface area contributed by atoms with E-state index in [4.69, 9.17) is 0 Å². The summed E-state index contributed by atoms with van der Waals surface area (Å²) in [6.45, 7) is 4.17. The largest absolute Gasteiger partial charge is 0.325 e. The van der Waals surface area contributed by atoms with Crippen LogP contribution < -0.4 is 5.32 Å². The fourth-order valence-corrected chi connectivity index (χ4v) is 4.40. The summed E-state index contributed by atoms with van der Waals surface area (Å²) in [4.78, 5) is 13.6. The molecule has 1 aliphatic heterocycles. The van der Waals surface area contributed by atoms with Gasteiger partial charge in [0.1, 0.15) is 0 Å². The van der Waals surface area contributed by atoms with Gasteiger partial charge in [-0.2, -0.15) is 0 Å². The number of hydrogen-bond acceptors (Lipinski definition) is 2. The number of anilines is 1. The minimum Gasteiger partial charge on any atom is -0.325 e. The Morgan fingerprint density at radius 3 is 2.25 bits per heavy atom. The van der Waals surface area contributed by atoms with Crippen LogP contribution in [0.3, 0.4) is 0 Å². The van der Waals surface area contributed by atoms with Crippen LogP contribution in [0, 0.1) is 13.8 Å². The summed E-state index contributed by atoms with van der Waals surface area (Å²) >= 11 is 1.75. The van der Waals surface area contributed by atoms with E-state index < -0.39 is 0 Å². The normalized spacial score (nSPS) is 16.6. The van der Waals surface area contributed by atoms with E-state index in [9.17, 15) is 4.79 Å². The summed E-state index contributed by atoms with van der Waals surface area (Å²) < 4.78 is 0. The molecule has 1 atom stereocenters. The first-order chi connectivity index (χ1) is 11.6. The first-order valence-electron chi connectivity index (χ1n) is 8.16. The van der Waals surface area contributed by atoms with Gasteiger partial charge >= 0.3 is 0 Å². The first-order valence-corrected chi connectivity index (χ1v) is 9.04. The third kappa shape index (κ3) is 2.65. The minimum atomic E-state index is 0.0971. The highest BCUT2D eigenvalue weighted by atomic mass is 32.1. The van der Waals surface area contributed by atoms with E-state index in [1.807, 2.05) is 0 Å². The molecule has 0 saturated carbocycles. The van der Waals surface area contributed by atoms with E-state index >= 15 is 0 Å². The molecule has 3 heteroatoms. The Labute approximate surface area is 146 Å². The number of hydrogen-bond donors (Lipinski definition) is 1. The second kappa shape index (κ2) is 5.91. The van der Waals surface area contributed by atoms with Gasteiger partial charge in [-0.25, -0.2) is 0 Å². The molecule has 1 amide bonds. The smallest absolute Gasteiger partial charge is 0.225 e. The number of carbonyl (C=O) groups is 1. The van der Waals surface area contributed by atoms with Gasteiger partial charge in [0.25, 0.3) is 0 Å². The van der Waals surface area contributed by atoms with Gasteiger partial charge in [-0.05, 0) is 25.0 Å². The summed E-state index contributed by atoms with van der Waals surface area (Å²) in [5.41, 5.74) is 6.97. The Kier molecular flexibility index (Phi) is 3.73. The SMILES string of the molecule is Cc1ccc(-c2csc3c2NC(=O)C[C@H]3c2ccc(C)cc2)cc1. The van der Waals surface area contributed by atoms with Crippen LogP contribution in [0.2, 0.25) is 0 Å². The molecule has 2 heterocycles. The molecule has 0 spiro atoms. The van der Waals surface area contributed by atoms with Gasteiger partial charge in [0.2, 0.25) is 5.91 Å². The molecule has 0 unspecified atom stereocenters. The molecule has 24 heavy (non-hydrogen) atoms. The molecule has 4 rings (SSSR count). The lowest BCUT2D eigenvalue weighted by Crippen LogP contribution is -2.22. The predicted octanol–water partition coefficient (Wildman–Crippen LogP) is 5.51. The molecule has 120 valence electrons. The highest BCUT2D eigenvalue weighted by Crippen LogP contribution is 2.46. The fourth-order valence-electron chi connectivity index (χ4n) is 3.24. The maximum absolute atomic E-state index is 12.3. The zero-order valence-corrected chi connectivity index (χ0v) is 14.6. The van der Waals surface area contributed by atoms with E-state index in [1.165, 1.54) is 21.6 Å². The monoisotopic (exact) mass is 333 g/mol. The third-order valence-corrected chi connectivity index (χ3v) is 5.73. The summed E-state index contributed by atoms with van der Waals surface area (Å²) in [5.74, 6) is 0.249. The molecule has 2 nitrogen and oxygen atoms in total. The molecule has 0 fully saturated rings. The second-order valence-electron chi connectivity index (χ2n) is 6.47. The molecule has 0 aliphatic carbocycles. The topological polar surface area (TPSA) is 29.1 Å². The number of rotatable bonds is 2. The zero-order valence-electron chi connectivity index (χ0n) is 13.8. The first kappa shape index (κ1) is 15.2. The maximum atomic E-state index is 12.3. The molecular formula is C21H19NOS. The van der Waals surface area contributed by atoms with Gasteiger partial charge in [0.15, 0.2) is 0 Å². The molecule has 0 radical (unpaired) electrons. The second-order valence-corrected chi connectivity index (χ2v) is 7.38. The van der Waals surface area contributed by atoms with E-state index in [2.05, 4.69) is 73.1 Å². The molecule has 1 aromatic heterocycles. The van der Waals surface area contributed by atoms with E-state index in [0.29, 0.717) is 6.42 Å². The molecule has 0 bridgehead atoms. The average Bonchev–Trinajstić information content (AvgIpc) is 2.99. The maximum Gasteiger partial charge on any atom is 0.225 e. The number of aryl methyl sites for hydroxylation is 2. The van der Waals surface area contributed by atoms with Crippen molar-refractivity contribution in [2.24, 2.45) is 0 Å². The van der Waals surface area contributed by atoms with E-state index in [1.54, 1.807) is 11.3 Å². The Balaban J connectivity index is 1.80. The van der Waals surface area contributed by atoms with Gasteiger partial charge in [0.05, 0.1) is 5.69 Å². The van der Waals surface area contributed by atoms with Crippen LogP contribution >= 0.6 is 11.3 Å². The molecule has 3 aromatic rings. The van der Waals surface area contributed by atoms with Crippen molar-refractivity contribution in [3.8, 4) is 11.1 Å². The lowest BCUT2D eigenvalue weighted by molar-refractivity contribution is -0.116. The summed E-state index contributed by atoms with van der Waals surface area (Å²) in [6.07, 6.45) is 0.518. The van der Waals surface area contributed by atoms with Gasteiger partial charge < -0.3 is 5.32 Å². The van der Waals surface area contributed by atoms with Gasteiger partial charge in [-0.15, -0.1) is 11.3 Å². The van der Waals surface area contributed by atoms with Crippen molar-refractivity contribution >= 4 is 22.9 Å². The Morgan fingerprint density at radius 2 is 1.58 bits per heavy atom. The van der Waals surface area contributed by atoms with Crippen molar-refractivity contribution in [2.45, 2.75) is 26.2 Å². The minimum absolute atomic E-state index is 0.0971. The summed E-state index contributed by atoms with van der Waals surface area (Å²) in [6, 6.07) is 17.0. The Bertz CT molecular complexity index is 891. The van der Waals surface area contributed by atoms with Crippen LogP contribution in [0.1, 0.15) is 33.9 Å². The molecule has 0 saturated heterocycles. The highest BCUT2D eigenvalue weighted by Gasteiger charge is 2.30. The highest BCUT2D eigenvalue weighted by molar-refractivity contribution is 7.11. The quantitative estimate of drug-likeness (QED) is 0.658. The number of nitrogens with one attached hydrogen (secondary N) is 1. The lowest BCUT2D eigenvalue weighted by atomic mass is 9.89. The van der Waals surface area contributed by atoms with Crippen molar-refractivity contribution in [3.63, 3.8) is 0 Å². The molecule has 2 aromatic carbocycles. The summed E-state index contributed by atoms with van der Waals surface area (Å²) in [7, 11) is 0. The third-order valence-electron chi connectivity index (χ3n) is 4.63. The Hall–Kier alpha value is -2.39. The van der Waals surface area contributed by atoms with E-state index in [-0.39, 0.29) is 11.8 Å². The van der Waals surface area contributed by atoms with Crippen LogP contribution in [0.25, 0.3) is 11.1 Å². The van der Waals surface area contributed by atoms with Crippen molar-refractivity contribution in [2.75, 3.05) is 5.32 Å². The van der Waals surface area contributed by atoms with Crippen LogP contribution in [-0.2, 0) is 4.79 Å². The fraction of sp³-hybridized carbons (Fsp3) is 0.190. The molecule has 1 N–H and O–H groups in total. The van der Waals surface area contributed by atoms with Crippen LogP contribution in [0.15, 0.2) is 53.9 Å². The standard InChI is InChI=1S/C21H19NOS/c1-13-3-7-15(8-4-13)17-11-19(23)22-20-18(12-24-21(17)20)16-9-5-14(2)6-10-16/h3-10,12,17H,11H2,1-2H3,(H,22,23)/t17-/m0/s1. The number of carbonyl (C=O) groups excluding carboxylic acids is 1. The number of amides is 1. The average molecular weight is 333 g/mol. The lowest BCUT2D eigenvalue weighted by Gasteiger charge is -2.24. The summed E-state index contributed by atoms with van der Waals surface area (Å²) in [5, 5.41) is 5.27. The zero-order chi connectivity index (χ0) is 16.7. The van der Waals surface area contributed by atoms with Crippen molar-refractivity contribution in [3.05, 3.63) is 75.5 Å². The number of thiophene rings is 1. The van der Waals surface area contributed by atoms with Crippen molar-refractivity contribution in [1.29, 1.82) is 0 Å². The van der Waals surface area contributed by atoms with Crippen molar-refractivity contribution in [1.82, 2.24) is 0 Å². The van der Waals surface area contributed by atoms with Gasteiger partial charge in [0, 0.05) is 28.2 Å². The molecular weight excluding hydrogens is 314 g/mol. The number of benzene rings is 2. The van der Waals surface area contributed by atoms with Crippen LogP contribution in [0.5, 0.6) is 0 Å². The molecule has 1 aliphatic rings. The predicted molar refractivity (Wildman–Crippen MR) is 101 cm³/mol. The van der Waals surface area contributed by atoms with Crippen LogP contribution in [0.4, 0.5) is 5.69 Å². The van der Waals surface area contributed by atoms with Crippen LogP contribution in [-0.4, -0.2) is 5.91 Å². The van der Waals surface area contributed by atoms with E-state index in [0.717, 1.165) is 16.8 Å². The van der Waals surface area contributed by atoms with Gasteiger partial charge in [-0.1, -0.05) is 59.7 Å². The number of fused-ring (bicyclic) bond motifs is 1. The Morgan fingerprint density at radius 1 is 0.958 bits per heavy atom. The van der Waals surface area contributed by atoms with Gasteiger partial charge in [-0.3, -0.25) is 4.79 Å².